The van der Waals surface area contributed by atoms with Crippen LogP contribution in [0.5, 0.6) is 0 Å². The van der Waals surface area contributed by atoms with Crippen molar-refractivity contribution in [2.75, 3.05) is 0 Å². The molecular formula is C18H36F2Sn. The van der Waals surface area contributed by atoms with Crippen molar-refractivity contribution in [1.82, 2.24) is 0 Å². The molecule has 0 rings (SSSR count). The summed E-state index contributed by atoms with van der Waals surface area (Å²) < 4.78 is 32.4. The molecule has 3 heteroatoms. The van der Waals surface area contributed by atoms with Gasteiger partial charge in [0.15, 0.2) is 0 Å². The Bertz CT molecular complexity index is 278. The molecule has 126 valence electrons. The van der Waals surface area contributed by atoms with Crippen LogP contribution < -0.4 is 0 Å². The second-order valence-corrected chi connectivity index (χ2v) is 19.4. The predicted octanol–water partition coefficient (Wildman–Crippen LogP) is 7.57. The molecule has 0 saturated carbocycles. The SMILES string of the molecule is CCC[CH2][Sn]([CH2]CCC)([CH2]CCC)/[C](F)=C(/F)C(C)CC. The molecule has 1 unspecified atom stereocenters. The van der Waals surface area contributed by atoms with Gasteiger partial charge in [0.25, 0.3) is 0 Å². The second kappa shape index (κ2) is 11.9. The van der Waals surface area contributed by atoms with Gasteiger partial charge in [-0.05, 0) is 0 Å². The molecule has 0 amide bonds. The van der Waals surface area contributed by atoms with Gasteiger partial charge in [-0.25, -0.2) is 0 Å². The predicted molar refractivity (Wildman–Crippen MR) is 93.6 cm³/mol. The summed E-state index contributed by atoms with van der Waals surface area (Å²) in [5, 5.41) is 0. The molecule has 0 radical (unpaired) electrons. The first kappa shape index (κ1) is 21.4. The summed E-state index contributed by atoms with van der Waals surface area (Å²) in [6.45, 7) is 10.2. The third kappa shape index (κ3) is 7.00. The number of unbranched alkanes of at least 4 members (excludes halogenated alkanes) is 3. The Balaban J connectivity index is 5.46. The van der Waals surface area contributed by atoms with E-state index in [2.05, 4.69) is 20.8 Å². The second-order valence-electron chi connectivity index (χ2n) is 6.56. The van der Waals surface area contributed by atoms with E-state index in [9.17, 15) is 4.39 Å². The van der Waals surface area contributed by atoms with Gasteiger partial charge in [0.1, 0.15) is 0 Å². The van der Waals surface area contributed by atoms with E-state index in [1.807, 2.05) is 13.8 Å². The Labute approximate surface area is 135 Å². The Morgan fingerprint density at radius 3 is 1.48 bits per heavy atom. The van der Waals surface area contributed by atoms with E-state index < -0.39 is 24.2 Å². The Morgan fingerprint density at radius 2 is 1.19 bits per heavy atom. The number of hydrogen-bond acceptors (Lipinski definition) is 0. The van der Waals surface area contributed by atoms with Gasteiger partial charge in [-0.3, -0.25) is 0 Å². The molecule has 0 fully saturated rings. The fourth-order valence-electron chi connectivity index (χ4n) is 2.90. The molecule has 0 N–H and O–H groups in total. The van der Waals surface area contributed by atoms with E-state index in [1.54, 1.807) is 0 Å². The summed E-state index contributed by atoms with van der Waals surface area (Å²) in [5.74, 6) is -0.637. The first-order chi connectivity index (χ1) is 9.98. The molecule has 0 aromatic carbocycles. The van der Waals surface area contributed by atoms with E-state index in [1.165, 1.54) is 0 Å². The minimum absolute atomic E-state index is 0.214. The monoisotopic (exact) mass is 410 g/mol. The van der Waals surface area contributed by atoms with Crippen molar-refractivity contribution in [3.8, 4) is 0 Å². The molecule has 1 atom stereocenters. The van der Waals surface area contributed by atoms with Crippen molar-refractivity contribution >= 4 is 18.4 Å². The average Bonchev–Trinajstić information content (AvgIpc) is 2.52. The van der Waals surface area contributed by atoms with E-state index in [4.69, 9.17) is 0 Å². The van der Waals surface area contributed by atoms with Gasteiger partial charge < -0.3 is 0 Å². The first-order valence-corrected chi connectivity index (χ1v) is 16.5. The number of rotatable bonds is 12. The minimum atomic E-state index is -3.15. The molecular weight excluding hydrogens is 373 g/mol. The van der Waals surface area contributed by atoms with Gasteiger partial charge in [-0.15, -0.1) is 0 Å². The van der Waals surface area contributed by atoms with Gasteiger partial charge in [0.05, 0.1) is 0 Å². The third-order valence-corrected chi connectivity index (χ3v) is 19.3. The van der Waals surface area contributed by atoms with Crippen LogP contribution in [0.25, 0.3) is 0 Å². The van der Waals surface area contributed by atoms with Gasteiger partial charge >= 0.3 is 136 Å². The van der Waals surface area contributed by atoms with Crippen LogP contribution in [-0.2, 0) is 0 Å². The van der Waals surface area contributed by atoms with Crippen LogP contribution in [0.3, 0.4) is 0 Å². The molecule has 0 bridgehead atoms. The zero-order valence-corrected chi connectivity index (χ0v) is 17.8. The van der Waals surface area contributed by atoms with E-state index in [0.29, 0.717) is 6.42 Å². The van der Waals surface area contributed by atoms with Crippen molar-refractivity contribution in [3.05, 3.63) is 9.67 Å². The van der Waals surface area contributed by atoms with Crippen LogP contribution in [0, 0.1) is 5.92 Å². The van der Waals surface area contributed by atoms with E-state index in [0.717, 1.165) is 51.8 Å². The zero-order valence-electron chi connectivity index (χ0n) is 14.9. The van der Waals surface area contributed by atoms with Crippen molar-refractivity contribution in [1.29, 1.82) is 0 Å². The van der Waals surface area contributed by atoms with Crippen LogP contribution in [-0.4, -0.2) is 18.4 Å². The molecule has 0 saturated heterocycles. The topological polar surface area (TPSA) is 0 Å². The van der Waals surface area contributed by atoms with Crippen molar-refractivity contribution in [3.63, 3.8) is 0 Å². The van der Waals surface area contributed by atoms with Gasteiger partial charge in [-0.2, -0.15) is 0 Å². The van der Waals surface area contributed by atoms with Gasteiger partial charge in [0.2, 0.25) is 0 Å². The summed E-state index contributed by atoms with van der Waals surface area (Å²) >= 11 is -3.15. The van der Waals surface area contributed by atoms with E-state index >= 15 is 4.39 Å². The van der Waals surface area contributed by atoms with Crippen LogP contribution >= 0.6 is 0 Å². The average molecular weight is 409 g/mol. The molecule has 0 aliphatic rings. The standard InChI is InChI=1S/C6H9F2.3C4H9.Sn/c1-3-5(2)6(8)4-7;3*1-3-4-2;/h5H,3H2,1-2H3;3*1,3-4H2,2H3;. The fourth-order valence-corrected chi connectivity index (χ4v) is 17.9. The summed E-state index contributed by atoms with van der Waals surface area (Å²) in [7, 11) is 0. The molecule has 0 aromatic rings. The summed E-state index contributed by atoms with van der Waals surface area (Å²) in [4.78, 5) is 0. The zero-order chi connectivity index (χ0) is 16.3. The molecule has 0 heterocycles. The van der Waals surface area contributed by atoms with Crippen molar-refractivity contribution in [2.45, 2.75) is 92.9 Å². The summed E-state index contributed by atoms with van der Waals surface area (Å²) in [6, 6.07) is 0. The maximum atomic E-state index is 15.1. The van der Waals surface area contributed by atoms with Crippen LogP contribution in [0.2, 0.25) is 13.3 Å². The van der Waals surface area contributed by atoms with Crippen molar-refractivity contribution < 1.29 is 8.78 Å². The van der Waals surface area contributed by atoms with Gasteiger partial charge in [0, 0.05) is 0 Å². The summed E-state index contributed by atoms with van der Waals surface area (Å²) in [5.41, 5.74) is 0. The van der Waals surface area contributed by atoms with Crippen LogP contribution in [0.4, 0.5) is 8.78 Å². The molecule has 0 spiro atoms. The molecule has 21 heavy (non-hydrogen) atoms. The Hall–Kier alpha value is 0.399. The van der Waals surface area contributed by atoms with Crippen LogP contribution in [0.1, 0.15) is 79.6 Å². The normalized spacial score (nSPS) is 15.0. The van der Waals surface area contributed by atoms with Crippen molar-refractivity contribution in [2.24, 2.45) is 5.92 Å². The number of halogens is 2. The quantitative estimate of drug-likeness (QED) is 0.292. The molecule has 0 aromatic heterocycles. The third-order valence-electron chi connectivity index (χ3n) is 4.75. The number of allylic oxidation sites excluding steroid dienone is 1. The van der Waals surface area contributed by atoms with Gasteiger partial charge in [-0.1, -0.05) is 0 Å². The van der Waals surface area contributed by atoms with Crippen LogP contribution in [0.15, 0.2) is 9.67 Å². The molecule has 0 aliphatic carbocycles. The molecule has 0 nitrogen and oxygen atoms in total. The summed E-state index contributed by atoms with van der Waals surface area (Å²) in [6.07, 6.45) is 7.19. The Kier molecular flexibility index (Phi) is 12.1. The molecule has 0 aliphatic heterocycles. The number of hydrogen-bond donors (Lipinski definition) is 0. The first-order valence-electron chi connectivity index (χ1n) is 9.04. The Morgan fingerprint density at radius 1 is 0.810 bits per heavy atom. The fraction of sp³-hybridized carbons (Fsp3) is 0.889. The maximum absolute atomic E-state index is 15.1. The van der Waals surface area contributed by atoms with E-state index in [-0.39, 0.29) is 9.76 Å².